The summed E-state index contributed by atoms with van der Waals surface area (Å²) >= 11 is 0. The largest absolute Gasteiger partial charge is 0.352 e. The van der Waals surface area contributed by atoms with E-state index < -0.39 is 0 Å². The van der Waals surface area contributed by atoms with Crippen molar-refractivity contribution < 1.29 is 4.79 Å². The number of H-pyrrole nitrogens is 1. The van der Waals surface area contributed by atoms with Crippen molar-refractivity contribution in [1.82, 2.24) is 34.8 Å². The topological polar surface area (TPSA) is 110 Å². The van der Waals surface area contributed by atoms with Gasteiger partial charge in [-0.25, -0.2) is 9.67 Å². The molecule has 0 aliphatic carbocycles. The molecule has 1 amide bonds. The van der Waals surface area contributed by atoms with E-state index in [1.165, 1.54) is 0 Å². The molecule has 0 unspecified atom stereocenters. The van der Waals surface area contributed by atoms with Gasteiger partial charge in [0.05, 0.1) is 5.69 Å². The molecule has 0 fully saturated rings. The number of fused-ring (bicyclic) bond motifs is 1. The van der Waals surface area contributed by atoms with E-state index in [0.29, 0.717) is 30.0 Å². The van der Waals surface area contributed by atoms with Crippen molar-refractivity contribution in [3.63, 3.8) is 0 Å². The van der Waals surface area contributed by atoms with E-state index in [9.17, 15) is 9.59 Å². The van der Waals surface area contributed by atoms with Crippen LogP contribution >= 0.6 is 0 Å². The SMILES string of the molecule is Cc1nn(C)c2[nH]c(=O)c(CCC(=O)NCc3cccnc3-n3cccn3)c(C)c12. The van der Waals surface area contributed by atoms with E-state index in [1.807, 2.05) is 32.0 Å². The lowest BCUT2D eigenvalue weighted by atomic mass is 10.0. The number of pyridine rings is 2. The van der Waals surface area contributed by atoms with Gasteiger partial charge in [0.15, 0.2) is 5.82 Å². The summed E-state index contributed by atoms with van der Waals surface area (Å²) in [6.07, 6.45) is 5.74. The molecule has 2 N–H and O–H groups in total. The molecule has 4 heterocycles. The molecule has 0 saturated carbocycles. The Balaban J connectivity index is 1.46. The summed E-state index contributed by atoms with van der Waals surface area (Å²) in [4.78, 5) is 32.2. The summed E-state index contributed by atoms with van der Waals surface area (Å²) < 4.78 is 3.33. The number of aromatic amines is 1. The summed E-state index contributed by atoms with van der Waals surface area (Å²) in [7, 11) is 1.80. The molecule has 0 saturated heterocycles. The van der Waals surface area contributed by atoms with Crippen LogP contribution < -0.4 is 10.9 Å². The highest BCUT2D eigenvalue weighted by Gasteiger charge is 2.16. The van der Waals surface area contributed by atoms with Gasteiger partial charge in [0.25, 0.3) is 5.56 Å². The normalized spacial score (nSPS) is 11.2. The Morgan fingerprint density at radius 1 is 1.23 bits per heavy atom. The molecule has 9 heteroatoms. The van der Waals surface area contributed by atoms with Crippen LogP contribution in [0.1, 0.15) is 28.8 Å². The summed E-state index contributed by atoms with van der Waals surface area (Å²) in [5.74, 6) is 0.541. The molecule has 0 radical (unpaired) electrons. The fraction of sp³-hybridized carbons (Fsp3) is 0.286. The zero-order valence-corrected chi connectivity index (χ0v) is 17.1. The van der Waals surface area contributed by atoms with Crippen LogP contribution in [-0.2, 0) is 24.8 Å². The molecule has 0 spiro atoms. The molecular weight excluding hydrogens is 382 g/mol. The number of hydrogen-bond acceptors (Lipinski definition) is 5. The molecule has 4 aromatic rings. The van der Waals surface area contributed by atoms with Gasteiger partial charge in [0.1, 0.15) is 5.65 Å². The first kappa shape index (κ1) is 19.6. The minimum Gasteiger partial charge on any atom is -0.352 e. The van der Waals surface area contributed by atoms with Crippen LogP contribution in [0.25, 0.3) is 16.9 Å². The van der Waals surface area contributed by atoms with Gasteiger partial charge in [-0.1, -0.05) is 6.07 Å². The predicted octanol–water partition coefficient (Wildman–Crippen LogP) is 1.71. The first-order chi connectivity index (χ1) is 14.5. The third-order valence-electron chi connectivity index (χ3n) is 5.22. The van der Waals surface area contributed by atoms with E-state index in [0.717, 1.165) is 22.2 Å². The van der Waals surface area contributed by atoms with Crippen LogP contribution in [0, 0.1) is 13.8 Å². The van der Waals surface area contributed by atoms with Gasteiger partial charge >= 0.3 is 0 Å². The fourth-order valence-electron chi connectivity index (χ4n) is 3.75. The standard InChI is InChI=1S/C21H23N7O2/c1-13-16(21(30)25-20-18(13)14(2)26-27(20)3)7-8-17(29)23-12-15-6-4-9-22-19(15)28-11-5-10-24-28/h4-6,9-11H,7-8,12H2,1-3H3,(H,23,29)(H,25,30). The summed E-state index contributed by atoms with van der Waals surface area (Å²) in [6.45, 7) is 4.15. The predicted molar refractivity (Wildman–Crippen MR) is 112 cm³/mol. The van der Waals surface area contributed by atoms with Crippen molar-refractivity contribution in [3.8, 4) is 5.82 Å². The maximum Gasteiger partial charge on any atom is 0.253 e. The summed E-state index contributed by atoms with van der Waals surface area (Å²) in [5, 5.41) is 12.4. The number of carbonyl (C=O) groups is 1. The number of amides is 1. The van der Waals surface area contributed by atoms with E-state index in [4.69, 9.17) is 0 Å². The molecule has 0 aliphatic rings. The lowest BCUT2D eigenvalue weighted by Gasteiger charge is -2.10. The van der Waals surface area contributed by atoms with Crippen LogP contribution in [0.2, 0.25) is 0 Å². The quantitative estimate of drug-likeness (QED) is 0.507. The van der Waals surface area contributed by atoms with E-state index in [2.05, 4.69) is 25.5 Å². The first-order valence-electron chi connectivity index (χ1n) is 9.71. The fourth-order valence-corrected chi connectivity index (χ4v) is 3.75. The van der Waals surface area contributed by atoms with Gasteiger partial charge in [-0.05, 0) is 38.0 Å². The number of nitrogens with one attached hydrogen (secondary N) is 2. The van der Waals surface area contributed by atoms with Crippen molar-refractivity contribution in [2.75, 3.05) is 0 Å². The second-order valence-electron chi connectivity index (χ2n) is 7.20. The highest BCUT2D eigenvalue weighted by Crippen LogP contribution is 2.21. The smallest absolute Gasteiger partial charge is 0.253 e. The Kier molecular flexibility index (Phi) is 5.18. The van der Waals surface area contributed by atoms with Gasteiger partial charge in [-0.2, -0.15) is 10.2 Å². The minimum atomic E-state index is -0.177. The van der Waals surface area contributed by atoms with E-state index in [-0.39, 0.29) is 17.9 Å². The van der Waals surface area contributed by atoms with E-state index in [1.54, 1.807) is 35.0 Å². The number of nitrogens with zero attached hydrogens (tertiary/aromatic N) is 5. The summed E-state index contributed by atoms with van der Waals surface area (Å²) in [5.41, 5.74) is 3.73. The Labute approximate surface area is 172 Å². The van der Waals surface area contributed by atoms with Crippen molar-refractivity contribution in [2.24, 2.45) is 7.05 Å². The van der Waals surface area contributed by atoms with Gasteiger partial charge in [-0.3, -0.25) is 14.3 Å². The molecule has 0 bridgehead atoms. The van der Waals surface area contributed by atoms with Gasteiger partial charge in [0.2, 0.25) is 5.91 Å². The average Bonchev–Trinajstić information content (AvgIpc) is 3.35. The third-order valence-corrected chi connectivity index (χ3v) is 5.22. The number of aryl methyl sites for hydroxylation is 3. The second-order valence-corrected chi connectivity index (χ2v) is 7.20. The van der Waals surface area contributed by atoms with Crippen LogP contribution in [0.4, 0.5) is 0 Å². The van der Waals surface area contributed by atoms with Gasteiger partial charge in [-0.15, -0.1) is 0 Å². The molecule has 0 aromatic carbocycles. The number of hydrogen-bond donors (Lipinski definition) is 2. The Morgan fingerprint density at radius 3 is 2.83 bits per heavy atom. The molecular formula is C21H23N7O2. The maximum atomic E-state index is 12.5. The number of aromatic nitrogens is 6. The Morgan fingerprint density at radius 2 is 2.07 bits per heavy atom. The second kappa shape index (κ2) is 7.94. The maximum absolute atomic E-state index is 12.5. The Hall–Kier alpha value is -3.75. The molecule has 30 heavy (non-hydrogen) atoms. The molecule has 4 aromatic heterocycles. The third kappa shape index (κ3) is 3.61. The Bertz CT molecular complexity index is 1270. The van der Waals surface area contributed by atoms with Crippen LogP contribution in [-0.4, -0.2) is 35.4 Å². The van der Waals surface area contributed by atoms with Crippen LogP contribution in [0.5, 0.6) is 0 Å². The molecule has 0 aliphatic heterocycles. The number of carbonyl (C=O) groups excluding carboxylic acids is 1. The van der Waals surface area contributed by atoms with Gasteiger partial charge < -0.3 is 10.3 Å². The van der Waals surface area contributed by atoms with Gasteiger partial charge in [0, 0.05) is 55.1 Å². The monoisotopic (exact) mass is 405 g/mol. The molecule has 0 atom stereocenters. The molecule has 9 nitrogen and oxygen atoms in total. The van der Waals surface area contributed by atoms with Crippen LogP contribution in [0.15, 0.2) is 41.6 Å². The highest BCUT2D eigenvalue weighted by molar-refractivity contribution is 5.83. The zero-order chi connectivity index (χ0) is 21.3. The zero-order valence-electron chi connectivity index (χ0n) is 17.1. The van der Waals surface area contributed by atoms with Crippen LogP contribution in [0.3, 0.4) is 0 Å². The first-order valence-corrected chi connectivity index (χ1v) is 9.71. The molecule has 154 valence electrons. The van der Waals surface area contributed by atoms with E-state index >= 15 is 0 Å². The molecule has 4 rings (SSSR count). The lowest BCUT2D eigenvalue weighted by Crippen LogP contribution is -2.25. The van der Waals surface area contributed by atoms with Crippen molar-refractivity contribution in [3.05, 3.63) is 69.5 Å². The highest BCUT2D eigenvalue weighted by atomic mass is 16.1. The summed E-state index contributed by atoms with van der Waals surface area (Å²) in [6, 6.07) is 5.54. The average molecular weight is 405 g/mol. The lowest BCUT2D eigenvalue weighted by molar-refractivity contribution is -0.121. The van der Waals surface area contributed by atoms with Crippen molar-refractivity contribution in [1.29, 1.82) is 0 Å². The minimum absolute atomic E-state index is 0.132. The number of rotatable bonds is 6. The van der Waals surface area contributed by atoms with Crippen molar-refractivity contribution in [2.45, 2.75) is 33.2 Å². The van der Waals surface area contributed by atoms with Crippen molar-refractivity contribution >= 4 is 16.9 Å².